The molecule has 2 heterocycles. The van der Waals surface area contributed by atoms with Crippen molar-refractivity contribution in [1.29, 1.82) is 0 Å². The van der Waals surface area contributed by atoms with E-state index in [0.717, 1.165) is 0 Å². The highest BCUT2D eigenvalue weighted by Gasteiger charge is 2.21. The molecule has 0 unspecified atom stereocenters. The molecule has 0 radical (unpaired) electrons. The second-order valence-corrected chi connectivity index (χ2v) is 8.52. The molecule has 0 saturated carbocycles. The third-order valence-electron chi connectivity index (χ3n) is 5.08. The van der Waals surface area contributed by atoms with Crippen LogP contribution in [0.4, 0.5) is 11.6 Å². The van der Waals surface area contributed by atoms with Gasteiger partial charge in [0, 0.05) is 24.2 Å². The number of rotatable bonds is 11. The number of amides is 2. The number of fused-ring (bicyclic) bond motifs is 1. The number of carbonyl (C=O) groups is 3. The van der Waals surface area contributed by atoms with Crippen LogP contribution in [0.25, 0.3) is 11.2 Å². The van der Waals surface area contributed by atoms with Crippen molar-refractivity contribution < 1.29 is 19.5 Å². The number of carbonyl (C=O) groups excluding carboxylic acids is 2. The number of carboxylic acids is 1. The minimum Gasteiger partial charge on any atom is -0.480 e. The lowest BCUT2D eigenvalue weighted by Crippen LogP contribution is -2.41. The fourth-order valence-corrected chi connectivity index (χ4v) is 3.17. The van der Waals surface area contributed by atoms with Crippen molar-refractivity contribution in [3.05, 3.63) is 52.1 Å². The van der Waals surface area contributed by atoms with E-state index in [2.05, 4.69) is 35.9 Å². The predicted molar refractivity (Wildman–Crippen MR) is 132 cm³/mol. The number of anilines is 2. The van der Waals surface area contributed by atoms with Crippen molar-refractivity contribution in [3.8, 4) is 0 Å². The number of H-pyrrole nitrogens is 1. The van der Waals surface area contributed by atoms with E-state index < -0.39 is 23.5 Å². The van der Waals surface area contributed by atoms with Gasteiger partial charge in [0.1, 0.15) is 6.04 Å². The summed E-state index contributed by atoms with van der Waals surface area (Å²) >= 11 is 0. The van der Waals surface area contributed by atoms with E-state index in [9.17, 15) is 24.3 Å². The molecular formula is C23H28N8O5. The lowest BCUT2D eigenvalue weighted by molar-refractivity contribution is -0.139. The molecule has 13 nitrogen and oxygen atoms in total. The number of aliphatic carboxylic acids is 1. The number of hydrogen-bond acceptors (Lipinski definition) is 9. The van der Waals surface area contributed by atoms with E-state index in [-0.39, 0.29) is 53.9 Å². The first-order chi connectivity index (χ1) is 17.1. The highest BCUT2D eigenvalue weighted by molar-refractivity contribution is 5.97. The Labute approximate surface area is 205 Å². The molecule has 1 atom stereocenters. The zero-order valence-electron chi connectivity index (χ0n) is 19.9. The largest absolute Gasteiger partial charge is 0.480 e. The zero-order valence-corrected chi connectivity index (χ0v) is 19.9. The Kier molecular flexibility index (Phi) is 8.49. The highest BCUT2D eigenvalue weighted by atomic mass is 16.4. The Morgan fingerprint density at radius 3 is 2.53 bits per heavy atom. The van der Waals surface area contributed by atoms with Crippen LogP contribution in [0, 0.1) is 5.92 Å². The summed E-state index contributed by atoms with van der Waals surface area (Å²) in [6.07, 6.45) is 1.43. The van der Waals surface area contributed by atoms with E-state index in [1.54, 1.807) is 12.1 Å². The van der Waals surface area contributed by atoms with Crippen LogP contribution in [0.15, 0.2) is 35.3 Å². The smallest absolute Gasteiger partial charge is 0.326 e. The van der Waals surface area contributed by atoms with E-state index >= 15 is 0 Å². The van der Waals surface area contributed by atoms with E-state index in [1.165, 1.54) is 18.3 Å². The molecule has 1 aromatic carbocycles. The molecular weight excluding hydrogens is 468 g/mol. The van der Waals surface area contributed by atoms with E-state index in [0.29, 0.717) is 17.9 Å². The fraction of sp³-hybridized carbons (Fsp3) is 0.348. The van der Waals surface area contributed by atoms with Gasteiger partial charge in [-0.3, -0.25) is 19.4 Å². The van der Waals surface area contributed by atoms with Gasteiger partial charge < -0.3 is 26.8 Å². The molecule has 13 heteroatoms. The van der Waals surface area contributed by atoms with Gasteiger partial charge in [-0.25, -0.2) is 14.8 Å². The number of aromatic nitrogens is 4. The molecule has 7 N–H and O–H groups in total. The topological polar surface area (TPSA) is 205 Å². The number of nitrogens with zero attached hydrogens (tertiary/aromatic N) is 3. The Morgan fingerprint density at radius 2 is 1.86 bits per heavy atom. The first-order valence-electron chi connectivity index (χ1n) is 11.3. The van der Waals surface area contributed by atoms with Crippen molar-refractivity contribution in [2.75, 3.05) is 17.6 Å². The van der Waals surface area contributed by atoms with Gasteiger partial charge in [0.25, 0.3) is 11.5 Å². The Morgan fingerprint density at radius 1 is 1.14 bits per heavy atom. The molecule has 0 aliphatic heterocycles. The molecule has 2 aromatic heterocycles. The summed E-state index contributed by atoms with van der Waals surface area (Å²) in [5.74, 6) is -1.81. The average molecular weight is 497 g/mol. The highest BCUT2D eigenvalue weighted by Crippen LogP contribution is 2.12. The number of nitrogen functional groups attached to an aromatic ring is 1. The zero-order chi connectivity index (χ0) is 26.2. The van der Waals surface area contributed by atoms with Crippen LogP contribution < -0.4 is 27.2 Å². The number of nitrogens with two attached hydrogens (primary N) is 1. The lowest BCUT2D eigenvalue weighted by atomic mass is 10.1. The average Bonchev–Trinajstić information content (AvgIpc) is 2.84. The van der Waals surface area contributed by atoms with Gasteiger partial charge in [-0.15, -0.1) is 0 Å². The molecule has 190 valence electrons. The van der Waals surface area contributed by atoms with Gasteiger partial charge in [0.05, 0.1) is 18.4 Å². The fourth-order valence-electron chi connectivity index (χ4n) is 3.17. The van der Waals surface area contributed by atoms with Crippen LogP contribution in [0.2, 0.25) is 0 Å². The summed E-state index contributed by atoms with van der Waals surface area (Å²) in [4.78, 5) is 62.5. The van der Waals surface area contributed by atoms with Crippen LogP contribution >= 0.6 is 0 Å². The van der Waals surface area contributed by atoms with Crippen molar-refractivity contribution >= 4 is 40.6 Å². The lowest BCUT2D eigenvalue weighted by Gasteiger charge is -2.15. The SMILES string of the molecule is CC(C)CNC(=O)CC[C@H](NC(=O)c1ccc(NCc2cnc3nc(N)[nH]c(=O)c3n2)cc1)C(=O)O. The number of carboxylic acid groups (broad SMARTS) is 1. The monoisotopic (exact) mass is 496 g/mol. The quantitative estimate of drug-likeness (QED) is 0.218. The Bertz CT molecular complexity index is 1310. The van der Waals surface area contributed by atoms with Crippen molar-refractivity contribution in [1.82, 2.24) is 30.6 Å². The van der Waals surface area contributed by atoms with Crippen LogP contribution in [0.5, 0.6) is 0 Å². The molecule has 2 amide bonds. The summed E-state index contributed by atoms with van der Waals surface area (Å²) in [7, 11) is 0. The van der Waals surface area contributed by atoms with Crippen LogP contribution in [0.1, 0.15) is 42.7 Å². The predicted octanol–water partition coefficient (Wildman–Crippen LogP) is 0.643. The molecule has 0 spiro atoms. The van der Waals surface area contributed by atoms with Crippen molar-refractivity contribution in [2.45, 2.75) is 39.3 Å². The third-order valence-corrected chi connectivity index (χ3v) is 5.08. The Balaban J connectivity index is 1.55. The third kappa shape index (κ3) is 7.22. The first kappa shape index (κ1) is 26.1. The van der Waals surface area contributed by atoms with Gasteiger partial charge in [-0.05, 0) is 36.6 Å². The molecule has 0 saturated heterocycles. The molecule has 36 heavy (non-hydrogen) atoms. The second-order valence-electron chi connectivity index (χ2n) is 8.52. The number of nitrogens with one attached hydrogen (secondary N) is 4. The molecule has 3 aromatic rings. The van der Waals surface area contributed by atoms with Crippen molar-refractivity contribution in [2.24, 2.45) is 5.92 Å². The number of aromatic amines is 1. The second kappa shape index (κ2) is 11.7. The van der Waals surface area contributed by atoms with Crippen LogP contribution in [-0.2, 0) is 16.1 Å². The standard InChI is InChI=1S/C23H28N8O5/c1-12(2)9-26-17(32)8-7-16(22(35)36)29-20(33)13-3-5-14(6-4-13)25-10-15-11-27-19-18(28-15)21(34)31-23(24)30-19/h3-6,11-12,16,25H,7-10H2,1-2H3,(H,26,32)(H,29,33)(H,35,36)(H3,24,27,30,31,34)/t16-/m0/s1. The summed E-state index contributed by atoms with van der Waals surface area (Å²) in [6.45, 7) is 4.66. The minimum atomic E-state index is -1.22. The maximum absolute atomic E-state index is 12.5. The Hall–Kier alpha value is -4.55. The minimum absolute atomic E-state index is 0.0141. The van der Waals surface area contributed by atoms with Gasteiger partial charge in [-0.2, -0.15) is 4.98 Å². The molecule has 0 aliphatic carbocycles. The molecule has 3 rings (SSSR count). The summed E-state index contributed by atoms with van der Waals surface area (Å²) in [6, 6.07) is 5.17. The van der Waals surface area contributed by atoms with E-state index in [4.69, 9.17) is 5.73 Å². The number of hydrogen-bond donors (Lipinski definition) is 6. The first-order valence-corrected chi connectivity index (χ1v) is 11.3. The molecule has 0 bridgehead atoms. The maximum Gasteiger partial charge on any atom is 0.326 e. The van der Waals surface area contributed by atoms with Gasteiger partial charge >= 0.3 is 5.97 Å². The molecule has 0 aliphatic rings. The van der Waals surface area contributed by atoms with Crippen LogP contribution in [-0.4, -0.2) is 55.4 Å². The summed E-state index contributed by atoms with van der Waals surface area (Å²) < 4.78 is 0. The molecule has 0 fully saturated rings. The van der Waals surface area contributed by atoms with Gasteiger partial charge in [-0.1, -0.05) is 13.8 Å². The van der Waals surface area contributed by atoms with Gasteiger partial charge in [0.2, 0.25) is 11.9 Å². The maximum atomic E-state index is 12.5. The van der Waals surface area contributed by atoms with Crippen LogP contribution in [0.3, 0.4) is 0 Å². The van der Waals surface area contributed by atoms with E-state index in [1.807, 2.05) is 13.8 Å². The normalized spacial score (nSPS) is 11.8. The van der Waals surface area contributed by atoms with Gasteiger partial charge in [0.15, 0.2) is 11.2 Å². The van der Waals surface area contributed by atoms with Crippen molar-refractivity contribution in [3.63, 3.8) is 0 Å². The number of benzene rings is 1. The summed E-state index contributed by atoms with van der Waals surface area (Å²) in [5.41, 5.74) is 6.64. The summed E-state index contributed by atoms with van der Waals surface area (Å²) in [5, 5.41) is 17.7.